The molecule has 170 valence electrons. The van der Waals surface area contributed by atoms with Crippen molar-refractivity contribution in [2.24, 2.45) is 5.10 Å². The second kappa shape index (κ2) is 12.0. The van der Waals surface area contributed by atoms with Gasteiger partial charge in [-0.15, -0.1) is 0 Å². The van der Waals surface area contributed by atoms with Gasteiger partial charge in [0.1, 0.15) is 6.61 Å². The van der Waals surface area contributed by atoms with Gasteiger partial charge in [-0.1, -0.05) is 42.5 Å². The van der Waals surface area contributed by atoms with Crippen LogP contribution in [0.2, 0.25) is 0 Å². The summed E-state index contributed by atoms with van der Waals surface area (Å²) in [5.41, 5.74) is 4.90. The molecule has 0 saturated heterocycles. The first kappa shape index (κ1) is 24.2. The summed E-state index contributed by atoms with van der Waals surface area (Å²) in [5.74, 6) is 0.919. The molecule has 0 heterocycles. The molecule has 0 aliphatic carbocycles. The lowest BCUT2D eigenvalue weighted by Gasteiger charge is -2.14. The molecular formula is C24H22IN3O5. The molecular weight excluding hydrogens is 537 g/mol. The average molecular weight is 559 g/mol. The Morgan fingerprint density at radius 2 is 1.82 bits per heavy atom. The molecule has 0 saturated carbocycles. The highest BCUT2D eigenvalue weighted by Crippen LogP contribution is 2.34. The van der Waals surface area contributed by atoms with Crippen molar-refractivity contribution in [3.05, 3.63) is 97.1 Å². The van der Waals surface area contributed by atoms with Gasteiger partial charge in [0, 0.05) is 12.1 Å². The Kier molecular flexibility index (Phi) is 8.76. The summed E-state index contributed by atoms with van der Waals surface area (Å²) in [5, 5.41) is 14.7. The number of hydrazone groups is 1. The zero-order valence-electron chi connectivity index (χ0n) is 17.9. The van der Waals surface area contributed by atoms with Gasteiger partial charge in [-0.25, -0.2) is 5.43 Å². The van der Waals surface area contributed by atoms with Crippen molar-refractivity contribution in [1.82, 2.24) is 5.43 Å². The first-order valence-electron chi connectivity index (χ1n) is 10.1. The van der Waals surface area contributed by atoms with Crippen molar-refractivity contribution in [3.63, 3.8) is 0 Å². The van der Waals surface area contributed by atoms with E-state index < -0.39 is 4.92 Å². The Hall–Kier alpha value is -3.47. The van der Waals surface area contributed by atoms with E-state index in [1.54, 1.807) is 18.2 Å². The lowest BCUT2D eigenvalue weighted by atomic mass is 10.1. The van der Waals surface area contributed by atoms with E-state index in [4.69, 9.17) is 9.47 Å². The molecule has 0 aliphatic rings. The van der Waals surface area contributed by atoms with Crippen LogP contribution in [0, 0.1) is 13.7 Å². The smallest absolute Gasteiger partial charge is 0.269 e. The number of nitro groups is 1. The molecule has 0 bridgehead atoms. The van der Waals surface area contributed by atoms with Gasteiger partial charge in [0.15, 0.2) is 11.5 Å². The Morgan fingerprint density at radius 1 is 1.09 bits per heavy atom. The predicted molar refractivity (Wildman–Crippen MR) is 134 cm³/mol. The van der Waals surface area contributed by atoms with Crippen LogP contribution in [0.4, 0.5) is 5.69 Å². The van der Waals surface area contributed by atoms with Crippen LogP contribution in [0.5, 0.6) is 11.5 Å². The maximum absolute atomic E-state index is 12.1. The molecule has 1 N–H and O–H groups in total. The van der Waals surface area contributed by atoms with Gasteiger partial charge in [0.05, 0.1) is 27.7 Å². The maximum Gasteiger partial charge on any atom is 0.269 e. The van der Waals surface area contributed by atoms with Crippen molar-refractivity contribution in [3.8, 4) is 11.5 Å². The number of nitro benzene ring substituents is 1. The Morgan fingerprint density at radius 3 is 2.48 bits per heavy atom. The highest BCUT2D eigenvalue weighted by atomic mass is 127. The van der Waals surface area contributed by atoms with Crippen LogP contribution in [0.25, 0.3) is 0 Å². The Balaban J connectivity index is 1.63. The molecule has 3 aromatic carbocycles. The standard InChI is InChI=1S/C24H22IN3O5/c1-2-32-22-13-19(12-21(25)24(22)33-16-18-6-4-3-5-7-18)15-26-27-23(29)14-17-8-10-20(11-9-17)28(30)31/h3-13,15H,2,14,16H2,1H3,(H,27,29)/b26-15-. The van der Waals surface area contributed by atoms with Crippen molar-refractivity contribution >= 4 is 40.4 Å². The number of hydrogen-bond donors (Lipinski definition) is 1. The molecule has 3 rings (SSSR count). The predicted octanol–water partition coefficient (Wildman–Crippen LogP) is 4.87. The number of nitrogens with zero attached hydrogens (tertiary/aromatic N) is 2. The van der Waals surface area contributed by atoms with E-state index in [1.807, 2.05) is 43.3 Å². The highest BCUT2D eigenvalue weighted by molar-refractivity contribution is 14.1. The topological polar surface area (TPSA) is 103 Å². The van der Waals surface area contributed by atoms with Crippen molar-refractivity contribution in [2.75, 3.05) is 6.61 Å². The van der Waals surface area contributed by atoms with Crippen LogP contribution in [0.15, 0.2) is 71.8 Å². The van der Waals surface area contributed by atoms with Crippen molar-refractivity contribution in [1.29, 1.82) is 0 Å². The molecule has 0 spiro atoms. The molecule has 1 amide bonds. The molecule has 0 atom stereocenters. The number of amides is 1. The molecule has 0 radical (unpaired) electrons. The zero-order chi connectivity index (χ0) is 23.6. The van der Waals surface area contributed by atoms with Crippen LogP contribution in [0.1, 0.15) is 23.6 Å². The molecule has 8 nitrogen and oxygen atoms in total. The molecule has 3 aromatic rings. The van der Waals surface area contributed by atoms with Crippen LogP contribution >= 0.6 is 22.6 Å². The van der Waals surface area contributed by atoms with Gasteiger partial charge in [0.2, 0.25) is 5.91 Å². The summed E-state index contributed by atoms with van der Waals surface area (Å²) in [4.78, 5) is 22.4. The monoisotopic (exact) mass is 559 g/mol. The number of carbonyl (C=O) groups is 1. The zero-order valence-corrected chi connectivity index (χ0v) is 20.0. The molecule has 0 unspecified atom stereocenters. The number of carbonyl (C=O) groups excluding carboxylic acids is 1. The number of nitrogens with one attached hydrogen (secondary N) is 1. The molecule has 0 aliphatic heterocycles. The van der Waals surface area contributed by atoms with Gasteiger partial charge >= 0.3 is 0 Å². The third kappa shape index (κ3) is 7.28. The van der Waals surface area contributed by atoms with Crippen LogP contribution in [-0.4, -0.2) is 23.7 Å². The van der Waals surface area contributed by atoms with Crippen LogP contribution < -0.4 is 14.9 Å². The van der Waals surface area contributed by atoms with E-state index >= 15 is 0 Å². The highest BCUT2D eigenvalue weighted by Gasteiger charge is 2.12. The number of hydrogen-bond acceptors (Lipinski definition) is 6. The van der Waals surface area contributed by atoms with Crippen LogP contribution in [0.3, 0.4) is 0 Å². The van der Waals surface area contributed by atoms with E-state index in [0.29, 0.717) is 30.3 Å². The Bertz CT molecular complexity index is 1130. The van der Waals surface area contributed by atoms with E-state index in [9.17, 15) is 14.9 Å². The second-order valence-electron chi connectivity index (χ2n) is 6.93. The first-order chi connectivity index (χ1) is 16.0. The summed E-state index contributed by atoms with van der Waals surface area (Å²) in [6.07, 6.45) is 1.59. The number of benzene rings is 3. The molecule has 9 heteroatoms. The molecule has 0 aromatic heterocycles. The fourth-order valence-electron chi connectivity index (χ4n) is 2.93. The summed E-state index contributed by atoms with van der Waals surface area (Å²) >= 11 is 2.18. The number of halogens is 1. The second-order valence-corrected chi connectivity index (χ2v) is 8.09. The number of ether oxygens (including phenoxy) is 2. The van der Waals surface area contributed by atoms with Crippen molar-refractivity contribution in [2.45, 2.75) is 20.0 Å². The fraction of sp³-hybridized carbons (Fsp3) is 0.167. The van der Waals surface area contributed by atoms with Crippen molar-refractivity contribution < 1.29 is 19.2 Å². The third-order valence-electron chi connectivity index (χ3n) is 4.47. The molecule has 0 fully saturated rings. The van der Waals surface area contributed by atoms with E-state index in [2.05, 4.69) is 33.1 Å². The Labute approximate surface area is 204 Å². The van der Waals surface area contributed by atoms with Gasteiger partial charge in [0.25, 0.3) is 5.69 Å². The summed E-state index contributed by atoms with van der Waals surface area (Å²) < 4.78 is 12.6. The fourth-order valence-corrected chi connectivity index (χ4v) is 3.72. The number of rotatable bonds is 10. The minimum Gasteiger partial charge on any atom is -0.490 e. The van der Waals surface area contributed by atoms with Crippen LogP contribution in [-0.2, 0) is 17.8 Å². The largest absolute Gasteiger partial charge is 0.490 e. The first-order valence-corrected chi connectivity index (χ1v) is 11.2. The lowest BCUT2D eigenvalue weighted by Crippen LogP contribution is -2.19. The quantitative estimate of drug-likeness (QED) is 0.165. The minimum atomic E-state index is -0.482. The minimum absolute atomic E-state index is 0.0203. The van der Waals surface area contributed by atoms with Gasteiger partial charge < -0.3 is 9.47 Å². The van der Waals surface area contributed by atoms with Gasteiger partial charge in [-0.3, -0.25) is 14.9 Å². The van der Waals surface area contributed by atoms with E-state index in [0.717, 1.165) is 14.7 Å². The number of non-ortho nitro benzene ring substituents is 1. The average Bonchev–Trinajstić information content (AvgIpc) is 2.80. The third-order valence-corrected chi connectivity index (χ3v) is 5.27. The summed E-state index contributed by atoms with van der Waals surface area (Å²) in [6, 6.07) is 19.4. The summed E-state index contributed by atoms with van der Waals surface area (Å²) in [6.45, 7) is 2.79. The van der Waals surface area contributed by atoms with E-state index in [1.165, 1.54) is 18.3 Å². The maximum atomic E-state index is 12.1. The van der Waals surface area contributed by atoms with Gasteiger partial charge in [-0.2, -0.15) is 5.10 Å². The lowest BCUT2D eigenvalue weighted by molar-refractivity contribution is -0.384. The SMILES string of the molecule is CCOc1cc(/C=N\NC(=O)Cc2ccc([N+](=O)[O-])cc2)cc(I)c1OCc1ccccc1. The summed E-state index contributed by atoms with van der Waals surface area (Å²) in [7, 11) is 0. The van der Waals surface area contributed by atoms with E-state index in [-0.39, 0.29) is 18.0 Å². The molecule has 33 heavy (non-hydrogen) atoms. The normalized spacial score (nSPS) is 10.7. The van der Waals surface area contributed by atoms with Gasteiger partial charge in [-0.05, 0) is 58.3 Å².